The summed E-state index contributed by atoms with van der Waals surface area (Å²) in [6.07, 6.45) is 0. The Morgan fingerprint density at radius 2 is 1.73 bits per heavy atom. The molecular formula is C27H29ClN2O3. The van der Waals surface area contributed by atoms with Crippen LogP contribution in [-0.2, 0) is 13.2 Å². The molecule has 1 fully saturated rings. The van der Waals surface area contributed by atoms with E-state index in [9.17, 15) is 4.79 Å². The number of nitrogens with zero attached hydrogens (tertiary/aromatic N) is 2. The van der Waals surface area contributed by atoms with Crippen molar-refractivity contribution < 1.29 is 14.3 Å². The van der Waals surface area contributed by atoms with Crippen LogP contribution in [0, 0.1) is 6.92 Å². The minimum Gasteiger partial charge on any atom is -0.496 e. The molecule has 0 radical (unpaired) electrons. The summed E-state index contributed by atoms with van der Waals surface area (Å²) < 4.78 is 11.4. The Bertz CT molecular complexity index is 1100. The van der Waals surface area contributed by atoms with Crippen molar-refractivity contribution in [2.75, 3.05) is 33.3 Å². The van der Waals surface area contributed by atoms with E-state index in [4.69, 9.17) is 21.1 Å². The van der Waals surface area contributed by atoms with Crippen molar-refractivity contribution in [3.05, 3.63) is 94.0 Å². The van der Waals surface area contributed by atoms with Crippen molar-refractivity contribution in [2.24, 2.45) is 0 Å². The van der Waals surface area contributed by atoms with E-state index in [2.05, 4.69) is 29.2 Å². The predicted molar refractivity (Wildman–Crippen MR) is 131 cm³/mol. The molecule has 6 heteroatoms. The van der Waals surface area contributed by atoms with E-state index in [0.29, 0.717) is 36.0 Å². The third-order valence-corrected chi connectivity index (χ3v) is 6.38. The summed E-state index contributed by atoms with van der Waals surface area (Å²) in [5.74, 6) is 1.47. The monoisotopic (exact) mass is 464 g/mol. The quantitative estimate of drug-likeness (QED) is 0.482. The average molecular weight is 465 g/mol. The lowest BCUT2D eigenvalue weighted by molar-refractivity contribution is 0.0628. The zero-order valence-corrected chi connectivity index (χ0v) is 19.8. The van der Waals surface area contributed by atoms with Crippen LogP contribution < -0.4 is 9.47 Å². The molecule has 0 spiro atoms. The number of benzene rings is 3. The molecule has 0 unspecified atom stereocenters. The van der Waals surface area contributed by atoms with Crippen molar-refractivity contribution in [3.63, 3.8) is 0 Å². The number of piperazine rings is 1. The van der Waals surface area contributed by atoms with Gasteiger partial charge in [0.25, 0.3) is 5.91 Å². The maximum atomic E-state index is 13.2. The topological polar surface area (TPSA) is 42.0 Å². The van der Waals surface area contributed by atoms with Crippen LogP contribution in [-0.4, -0.2) is 49.0 Å². The molecule has 0 atom stereocenters. The van der Waals surface area contributed by atoms with Gasteiger partial charge in [0.15, 0.2) is 0 Å². The Morgan fingerprint density at radius 1 is 0.970 bits per heavy atom. The van der Waals surface area contributed by atoms with E-state index in [1.165, 1.54) is 5.56 Å². The third kappa shape index (κ3) is 5.86. The molecule has 1 saturated heterocycles. The predicted octanol–water partition coefficient (Wildman–Crippen LogP) is 5.19. The van der Waals surface area contributed by atoms with Crippen LogP contribution in [0.1, 0.15) is 27.0 Å². The first-order valence-electron chi connectivity index (χ1n) is 11.1. The zero-order chi connectivity index (χ0) is 23.2. The molecule has 1 aliphatic rings. The second-order valence-corrected chi connectivity index (χ2v) is 8.69. The first-order chi connectivity index (χ1) is 16.0. The number of aryl methyl sites for hydroxylation is 1. The summed E-state index contributed by atoms with van der Waals surface area (Å²) in [4.78, 5) is 17.5. The molecular weight excluding hydrogens is 436 g/mol. The average Bonchev–Trinajstić information content (AvgIpc) is 2.85. The fraction of sp³-hybridized carbons (Fsp3) is 0.296. The molecule has 33 heavy (non-hydrogen) atoms. The molecule has 0 N–H and O–H groups in total. The molecule has 0 saturated carbocycles. The first-order valence-corrected chi connectivity index (χ1v) is 11.5. The molecule has 3 aromatic rings. The highest BCUT2D eigenvalue weighted by Gasteiger charge is 2.23. The van der Waals surface area contributed by atoms with Crippen LogP contribution in [0.5, 0.6) is 11.5 Å². The summed E-state index contributed by atoms with van der Waals surface area (Å²) >= 11 is 6.10. The number of hydrogen-bond donors (Lipinski definition) is 0. The van der Waals surface area contributed by atoms with Crippen molar-refractivity contribution >= 4 is 17.5 Å². The SMILES string of the molecule is COc1ccc(C(=O)N2CCN(Cc3ccccc3)CC2)cc1COc1ccc(Cl)c(C)c1. The van der Waals surface area contributed by atoms with Crippen LogP contribution >= 0.6 is 11.6 Å². The van der Waals surface area contributed by atoms with Gasteiger partial charge in [-0.15, -0.1) is 0 Å². The van der Waals surface area contributed by atoms with E-state index in [0.717, 1.165) is 36.5 Å². The number of ether oxygens (including phenoxy) is 2. The largest absolute Gasteiger partial charge is 0.496 e. The van der Waals surface area contributed by atoms with Crippen molar-refractivity contribution in [3.8, 4) is 11.5 Å². The number of rotatable bonds is 7. The molecule has 0 bridgehead atoms. The minimum absolute atomic E-state index is 0.0422. The van der Waals surface area contributed by atoms with Gasteiger partial charge in [0.1, 0.15) is 18.1 Å². The molecule has 5 nitrogen and oxygen atoms in total. The third-order valence-electron chi connectivity index (χ3n) is 5.96. The van der Waals surface area contributed by atoms with Crippen LogP contribution in [0.4, 0.5) is 0 Å². The van der Waals surface area contributed by atoms with Gasteiger partial charge in [-0.2, -0.15) is 0 Å². The van der Waals surface area contributed by atoms with Gasteiger partial charge in [0.05, 0.1) is 7.11 Å². The van der Waals surface area contributed by atoms with Gasteiger partial charge in [-0.3, -0.25) is 9.69 Å². The lowest BCUT2D eigenvalue weighted by Gasteiger charge is -2.35. The fourth-order valence-corrected chi connectivity index (χ4v) is 4.14. The lowest BCUT2D eigenvalue weighted by Crippen LogP contribution is -2.48. The molecule has 0 aromatic heterocycles. The highest BCUT2D eigenvalue weighted by atomic mass is 35.5. The van der Waals surface area contributed by atoms with E-state index in [-0.39, 0.29) is 5.91 Å². The van der Waals surface area contributed by atoms with Gasteiger partial charge >= 0.3 is 0 Å². The van der Waals surface area contributed by atoms with Crippen LogP contribution in [0.25, 0.3) is 0 Å². The van der Waals surface area contributed by atoms with Crippen molar-refractivity contribution in [1.29, 1.82) is 0 Å². The normalized spacial score (nSPS) is 14.2. The Morgan fingerprint density at radius 3 is 2.42 bits per heavy atom. The first kappa shape index (κ1) is 23.1. The second-order valence-electron chi connectivity index (χ2n) is 8.28. The van der Waals surface area contributed by atoms with Crippen molar-refractivity contribution in [2.45, 2.75) is 20.1 Å². The summed E-state index contributed by atoms with van der Waals surface area (Å²) in [7, 11) is 1.62. The highest BCUT2D eigenvalue weighted by Crippen LogP contribution is 2.25. The second kappa shape index (κ2) is 10.7. The van der Waals surface area contributed by atoms with Gasteiger partial charge in [-0.25, -0.2) is 0 Å². The Balaban J connectivity index is 1.39. The Kier molecular flexibility index (Phi) is 7.53. The maximum absolute atomic E-state index is 13.2. The molecule has 0 aliphatic carbocycles. The van der Waals surface area contributed by atoms with Crippen LogP contribution in [0.15, 0.2) is 66.7 Å². The van der Waals surface area contributed by atoms with Gasteiger partial charge in [0.2, 0.25) is 0 Å². The van der Waals surface area contributed by atoms with E-state index < -0.39 is 0 Å². The van der Waals surface area contributed by atoms with E-state index >= 15 is 0 Å². The van der Waals surface area contributed by atoms with Gasteiger partial charge in [-0.05, 0) is 54.4 Å². The van der Waals surface area contributed by atoms with Gasteiger partial charge in [0, 0.05) is 48.9 Å². The summed E-state index contributed by atoms with van der Waals surface area (Å²) in [5.41, 5.74) is 3.74. The smallest absolute Gasteiger partial charge is 0.253 e. The molecule has 1 amide bonds. The molecule has 1 heterocycles. The molecule has 3 aromatic carbocycles. The Labute approximate surface area is 200 Å². The number of hydrogen-bond acceptors (Lipinski definition) is 4. The van der Waals surface area contributed by atoms with E-state index in [1.54, 1.807) is 7.11 Å². The standard InChI is InChI=1S/C27H29ClN2O3/c1-20-16-24(9-10-25(20)28)33-19-23-17-22(8-11-26(23)32-2)27(31)30-14-12-29(13-15-30)18-21-6-4-3-5-7-21/h3-11,16-17H,12-15,18-19H2,1-2H3. The molecule has 1 aliphatic heterocycles. The number of amides is 1. The minimum atomic E-state index is 0.0422. The fourth-order valence-electron chi connectivity index (χ4n) is 4.03. The van der Waals surface area contributed by atoms with Crippen molar-refractivity contribution in [1.82, 2.24) is 9.80 Å². The van der Waals surface area contributed by atoms with Crippen LogP contribution in [0.3, 0.4) is 0 Å². The number of carbonyl (C=O) groups is 1. The maximum Gasteiger partial charge on any atom is 0.253 e. The zero-order valence-electron chi connectivity index (χ0n) is 19.1. The summed E-state index contributed by atoms with van der Waals surface area (Å²) in [5, 5.41) is 0.705. The molecule has 172 valence electrons. The summed E-state index contributed by atoms with van der Waals surface area (Å²) in [6.45, 7) is 6.31. The number of halogens is 1. The van der Waals surface area contributed by atoms with Gasteiger partial charge < -0.3 is 14.4 Å². The van der Waals surface area contributed by atoms with Crippen LogP contribution in [0.2, 0.25) is 5.02 Å². The van der Waals surface area contributed by atoms with E-state index in [1.807, 2.05) is 54.3 Å². The lowest BCUT2D eigenvalue weighted by atomic mass is 10.1. The number of methoxy groups -OCH3 is 1. The van der Waals surface area contributed by atoms with Gasteiger partial charge in [-0.1, -0.05) is 41.9 Å². The Hall–Kier alpha value is -3.02. The summed E-state index contributed by atoms with van der Waals surface area (Å²) in [6, 6.07) is 21.5. The number of carbonyl (C=O) groups excluding carboxylic acids is 1. The molecule has 4 rings (SSSR count). The highest BCUT2D eigenvalue weighted by molar-refractivity contribution is 6.31.